The van der Waals surface area contributed by atoms with Gasteiger partial charge in [0.2, 0.25) is 5.60 Å². The lowest BCUT2D eigenvalue weighted by atomic mass is 9.94. The predicted molar refractivity (Wildman–Crippen MR) is 98.4 cm³/mol. The third-order valence-electron chi connectivity index (χ3n) is 4.27. The lowest BCUT2D eigenvalue weighted by molar-refractivity contribution is -0.166. The first-order chi connectivity index (χ1) is 13.3. The number of halogens is 3. The predicted octanol–water partition coefficient (Wildman–Crippen LogP) is 4.14. The van der Waals surface area contributed by atoms with E-state index in [1.54, 1.807) is 13.8 Å². The first-order valence-electron chi connectivity index (χ1n) is 8.40. The first kappa shape index (κ1) is 20.0. The summed E-state index contributed by atoms with van der Waals surface area (Å²) in [5.41, 5.74) is -0.124. The Bertz CT molecular complexity index is 967. The Balaban J connectivity index is 1.99. The SMILES string of the molecule is CCOC(=O)C1(C)CC(c2cc(-c3cnc(F)c(OC)c3)c(F)cc2Cl)=NO1. The van der Waals surface area contributed by atoms with Gasteiger partial charge in [-0.1, -0.05) is 16.8 Å². The summed E-state index contributed by atoms with van der Waals surface area (Å²) in [6, 6.07) is 3.89. The fourth-order valence-electron chi connectivity index (χ4n) is 2.79. The molecule has 2 aromatic rings. The summed E-state index contributed by atoms with van der Waals surface area (Å²) in [7, 11) is 1.29. The van der Waals surface area contributed by atoms with E-state index in [9.17, 15) is 13.6 Å². The topological polar surface area (TPSA) is 70.0 Å². The van der Waals surface area contributed by atoms with Crippen molar-refractivity contribution in [2.75, 3.05) is 13.7 Å². The van der Waals surface area contributed by atoms with Gasteiger partial charge in [-0.2, -0.15) is 4.39 Å². The summed E-state index contributed by atoms with van der Waals surface area (Å²) in [6.07, 6.45) is 1.28. The van der Waals surface area contributed by atoms with Crippen LogP contribution in [0.15, 0.2) is 29.6 Å². The number of carbonyl (C=O) groups excluding carboxylic acids is 1. The molecule has 0 radical (unpaired) electrons. The Morgan fingerprint density at radius 1 is 1.32 bits per heavy atom. The molecule has 28 heavy (non-hydrogen) atoms. The molecular weight excluding hydrogens is 394 g/mol. The Kier molecular flexibility index (Phi) is 5.51. The quantitative estimate of drug-likeness (QED) is 0.547. The summed E-state index contributed by atoms with van der Waals surface area (Å²) in [4.78, 5) is 21.0. The number of aromatic nitrogens is 1. The van der Waals surface area contributed by atoms with Crippen LogP contribution in [0.3, 0.4) is 0 Å². The van der Waals surface area contributed by atoms with Gasteiger partial charge in [0.25, 0.3) is 5.95 Å². The van der Waals surface area contributed by atoms with Gasteiger partial charge in [-0.3, -0.25) is 0 Å². The summed E-state index contributed by atoms with van der Waals surface area (Å²) in [6.45, 7) is 3.44. The highest BCUT2D eigenvalue weighted by Gasteiger charge is 2.44. The number of methoxy groups -OCH3 is 1. The van der Waals surface area contributed by atoms with Crippen molar-refractivity contribution in [2.24, 2.45) is 5.16 Å². The molecule has 0 saturated heterocycles. The van der Waals surface area contributed by atoms with Crippen LogP contribution in [0, 0.1) is 11.8 Å². The van der Waals surface area contributed by atoms with Gasteiger partial charge in [0.1, 0.15) is 5.82 Å². The largest absolute Gasteiger partial charge is 0.492 e. The third-order valence-corrected chi connectivity index (χ3v) is 4.59. The maximum absolute atomic E-state index is 14.5. The number of rotatable bonds is 5. The summed E-state index contributed by atoms with van der Waals surface area (Å²) in [5, 5.41) is 4.04. The van der Waals surface area contributed by atoms with E-state index in [0.717, 1.165) is 6.07 Å². The van der Waals surface area contributed by atoms with Gasteiger partial charge in [0.15, 0.2) is 5.75 Å². The molecule has 1 atom stereocenters. The zero-order valence-electron chi connectivity index (χ0n) is 15.4. The average molecular weight is 411 g/mol. The monoisotopic (exact) mass is 410 g/mol. The molecule has 3 rings (SSSR count). The number of pyridine rings is 1. The molecule has 1 aromatic heterocycles. The van der Waals surface area contributed by atoms with Crippen molar-refractivity contribution >= 4 is 23.3 Å². The molecule has 1 aromatic carbocycles. The van der Waals surface area contributed by atoms with Crippen LogP contribution < -0.4 is 4.74 Å². The van der Waals surface area contributed by atoms with Gasteiger partial charge in [-0.25, -0.2) is 14.2 Å². The molecule has 148 valence electrons. The van der Waals surface area contributed by atoms with E-state index in [4.69, 9.17) is 25.9 Å². The van der Waals surface area contributed by atoms with Crippen LogP contribution in [0.25, 0.3) is 11.1 Å². The van der Waals surface area contributed by atoms with Crippen molar-refractivity contribution < 1.29 is 27.9 Å². The maximum Gasteiger partial charge on any atom is 0.353 e. The van der Waals surface area contributed by atoms with Gasteiger partial charge >= 0.3 is 5.97 Å². The molecule has 0 saturated carbocycles. The van der Waals surface area contributed by atoms with Crippen molar-refractivity contribution in [1.29, 1.82) is 0 Å². The fourth-order valence-corrected chi connectivity index (χ4v) is 3.05. The Morgan fingerprint density at radius 3 is 2.75 bits per heavy atom. The normalized spacial score (nSPS) is 18.4. The molecule has 2 heterocycles. The number of hydrogen-bond donors (Lipinski definition) is 0. The highest BCUT2D eigenvalue weighted by Crippen LogP contribution is 2.35. The minimum Gasteiger partial charge on any atom is -0.492 e. The zero-order valence-corrected chi connectivity index (χ0v) is 16.1. The van der Waals surface area contributed by atoms with E-state index in [1.165, 1.54) is 25.4 Å². The number of benzene rings is 1. The van der Waals surface area contributed by atoms with Crippen LogP contribution in [-0.2, 0) is 14.4 Å². The fraction of sp³-hybridized carbons (Fsp3) is 0.316. The number of esters is 1. The van der Waals surface area contributed by atoms with Crippen LogP contribution in [0.2, 0.25) is 5.02 Å². The minimum absolute atomic E-state index is 0.0961. The molecule has 0 spiro atoms. The third kappa shape index (κ3) is 3.64. The van der Waals surface area contributed by atoms with Crippen molar-refractivity contribution in [3.63, 3.8) is 0 Å². The Morgan fingerprint density at radius 2 is 2.07 bits per heavy atom. The Labute approximate surface area is 165 Å². The van der Waals surface area contributed by atoms with Crippen molar-refractivity contribution in [3.8, 4) is 16.9 Å². The number of ether oxygens (including phenoxy) is 2. The smallest absolute Gasteiger partial charge is 0.353 e. The van der Waals surface area contributed by atoms with Crippen LogP contribution >= 0.6 is 11.6 Å². The van der Waals surface area contributed by atoms with E-state index >= 15 is 0 Å². The molecule has 0 fully saturated rings. The van der Waals surface area contributed by atoms with E-state index in [-0.39, 0.29) is 29.4 Å². The van der Waals surface area contributed by atoms with Crippen LogP contribution in [0.5, 0.6) is 5.75 Å². The minimum atomic E-state index is -1.29. The number of oxime groups is 1. The van der Waals surface area contributed by atoms with Crippen LogP contribution in [0.4, 0.5) is 8.78 Å². The maximum atomic E-state index is 14.5. The molecule has 0 amide bonds. The van der Waals surface area contributed by atoms with Crippen molar-refractivity contribution in [3.05, 3.63) is 46.7 Å². The summed E-state index contributed by atoms with van der Waals surface area (Å²) in [5.74, 6) is -2.11. The number of carbonyl (C=O) groups is 1. The van der Waals surface area contributed by atoms with E-state index in [1.807, 2.05) is 0 Å². The van der Waals surface area contributed by atoms with Crippen LogP contribution in [-0.4, -0.2) is 36.0 Å². The number of nitrogens with zero attached hydrogens (tertiary/aromatic N) is 2. The molecule has 0 aliphatic carbocycles. The molecule has 1 unspecified atom stereocenters. The molecule has 6 nitrogen and oxygen atoms in total. The zero-order chi connectivity index (χ0) is 20.5. The average Bonchev–Trinajstić information content (AvgIpc) is 3.06. The molecule has 0 bridgehead atoms. The van der Waals surface area contributed by atoms with Gasteiger partial charge in [0, 0.05) is 29.3 Å². The highest BCUT2D eigenvalue weighted by atomic mass is 35.5. The number of hydrogen-bond acceptors (Lipinski definition) is 6. The summed E-state index contributed by atoms with van der Waals surface area (Å²) < 4.78 is 38.0. The second-order valence-corrected chi connectivity index (χ2v) is 6.69. The second kappa shape index (κ2) is 7.71. The lowest BCUT2D eigenvalue weighted by Crippen LogP contribution is -2.37. The molecular formula is C19H17ClF2N2O4. The molecule has 9 heteroatoms. The van der Waals surface area contributed by atoms with Crippen molar-refractivity contribution in [1.82, 2.24) is 4.98 Å². The molecule has 1 aliphatic heterocycles. The van der Waals surface area contributed by atoms with Gasteiger partial charge in [-0.05, 0) is 32.0 Å². The van der Waals surface area contributed by atoms with E-state index < -0.39 is 23.3 Å². The standard InChI is InChI=1S/C19H17ClF2N2O4/c1-4-27-18(25)19(2)8-15(24-28-19)12-6-11(14(21)7-13(12)20)10-5-16(26-3)17(22)23-9-10/h5-7,9H,4,8H2,1-3H3. The lowest BCUT2D eigenvalue weighted by Gasteiger charge is -2.18. The molecule has 1 aliphatic rings. The van der Waals surface area contributed by atoms with Crippen molar-refractivity contribution in [2.45, 2.75) is 25.9 Å². The van der Waals surface area contributed by atoms with Gasteiger partial charge < -0.3 is 14.3 Å². The second-order valence-electron chi connectivity index (χ2n) is 6.29. The Hall–Kier alpha value is -2.74. The first-order valence-corrected chi connectivity index (χ1v) is 8.78. The van der Waals surface area contributed by atoms with Crippen LogP contribution in [0.1, 0.15) is 25.8 Å². The van der Waals surface area contributed by atoms with Gasteiger partial charge in [0.05, 0.1) is 24.5 Å². The van der Waals surface area contributed by atoms with Gasteiger partial charge in [-0.15, -0.1) is 0 Å². The van der Waals surface area contributed by atoms with E-state index in [2.05, 4.69) is 10.1 Å². The van der Waals surface area contributed by atoms with E-state index in [0.29, 0.717) is 16.8 Å². The highest BCUT2D eigenvalue weighted by molar-refractivity contribution is 6.34. The summed E-state index contributed by atoms with van der Waals surface area (Å²) >= 11 is 6.19. The molecule has 0 N–H and O–H groups in total.